The van der Waals surface area contributed by atoms with Crippen molar-refractivity contribution in [2.75, 3.05) is 14.2 Å². The molecule has 1 heterocycles. The van der Waals surface area contributed by atoms with Crippen LogP contribution < -0.4 is 5.46 Å². The first-order chi connectivity index (χ1) is 6.20. The molecule has 1 aromatic rings. The standard InChI is InChI=1S/C8H9BBrNO2/c1-12-8(13-2)7-5(9)3-11-4-6(7)10/h3-4,8H,1-2H3. The van der Waals surface area contributed by atoms with E-state index in [1.54, 1.807) is 26.6 Å². The van der Waals surface area contributed by atoms with Crippen LogP contribution in [0.2, 0.25) is 0 Å². The lowest BCUT2D eigenvalue weighted by atomic mass is 9.92. The minimum atomic E-state index is -0.461. The number of nitrogens with zero attached hydrogens (tertiary/aromatic N) is 1. The minimum absolute atomic E-state index is 0.461. The summed E-state index contributed by atoms with van der Waals surface area (Å²) in [5.41, 5.74) is 1.31. The fraction of sp³-hybridized carbons (Fsp3) is 0.375. The molecule has 0 spiro atoms. The molecule has 0 aromatic carbocycles. The highest BCUT2D eigenvalue weighted by atomic mass is 79.9. The summed E-state index contributed by atoms with van der Waals surface area (Å²) >= 11 is 3.33. The Morgan fingerprint density at radius 2 is 2.00 bits per heavy atom. The summed E-state index contributed by atoms with van der Waals surface area (Å²) in [6.45, 7) is 0. The molecule has 0 saturated heterocycles. The lowest BCUT2D eigenvalue weighted by Gasteiger charge is -2.17. The van der Waals surface area contributed by atoms with Crippen molar-refractivity contribution in [2.24, 2.45) is 0 Å². The first-order valence-corrected chi connectivity index (χ1v) is 4.44. The van der Waals surface area contributed by atoms with Gasteiger partial charge in [0.25, 0.3) is 0 Å². The zero-order valence-corrected chi connectivity index (χ0v) is 9.04. The molecule has 0 saturated carbocycles. The third kappa shape index (κ3) is 2.30. The van der Waals surface area contributed by atoms with Crippen molar-refractivity contribution in [2.45, 2.75) is 6.29 Å². The molecule has 3 nitrogen and oxygen atoms in total. The molecule has 0 unspecified atom stereocenters. The van der Waals surface area contributed by atoms with Crippen molar-refractivity contribution >= 4 is 29.2 Å². The van der Waals surface area contributed by atoms with Gasteiger partial charge in [-0.2, -0.15) is 0 Å². The van der Waals surface area contributed by atoms with Gasteiger partial charge in [0.15, 0.2) is 6.29 Å². The van der Waals surface area contributed by atoms with E-state index in [-0.39, 0.29) is 0 Å². The normalized spacial score (nSPS) is 10.8. The topological polar surface area (TPSA) is 31.4 Å². The van der Waals surface area contributed by atoms with Crippen LogP contribution >= 0.6 is 15.9 Å². The van der Waals surface area contributed by atoms with E-state index >= 15 is 0 Å². The Morgan fingerprint density at radius 1 is 1.38 bits per heavy atom. The van der Waals surface area contributed by atoms with Crippen LogP contribution in [0.25, 0.3) is 0 Å². The van der Waals surface area contributed by atoms with Gasteiger partial charge in [0.2, 0.25) is 0 Å². The highest BCUT2D eigenvalue weighted by Gasteiger charge is 2.14. The van der Waals surface area contributed by atoms with Crippen molar-refractivity contribution in [1.82, 2.24) is 4.98 Å². The molecule has 13 heavy (non-hydrogen) atoms. The first kappa shape index (κ1) is 10.7. The Morgan fingerprint density at radius 3 is 2.46 bits per heavy atom. The number of hydrogen-bond acceptors (Lipinski definition) is 3. The molecule has 5 heteroatoms. The molecule has 0 aliphatic rings. The van der Waals surface area contributed by atoms with E-state index < -0.39 is 6.29 Å². The number of halogens is 1. The van der Waals surface area contributed by atoms with Gasteiger partial charge in [-0.25, -0.2) is 0 Å². The zero-order valence-electron chi connectivity index (χ0n) is 7.45. The number of methoxy groups -OCH3 is 2. The summed E-state index contributed by atoms with van der Waals surface area (Å²) in [5, 5.41) is 0. The van der Waals surface area contributed by atoms with E-state index in [0.29, 0.717) is 5.46 Å². The third-order valence-electron chi connectivity index (χ3n) is 1.63. The second-order valence-corrected chi connectivity index (χ2v) is 3.28. The summed E-state index contributed by atoms with van der Waals surface area (Å²) in [6, 6.07) is 0. The Balaban J connectivity index is 3.10. The number of rotatable bonds is 3. The Hall–Kier alpha value is -0.385. The molecule has 0 atom stereocenters. The lowest BCUT2D eigenvalue weighted by Crippen LogP contribution is -2.18. The quantitative estimate of drug-likeness (QED) is 0.583. The van der Waals surface area contributed by atoms with Gasteiger partial charge in [0.05, 0.1) is 0 Å². The molecule has 2 radical (unpaired) electrons. The second-order valence-electron chi connectivity index (χ2n) is 2.43. The van der Waals surface area contributed by atoms with Gasteiger partial charge in [-0.3, -0.25) is 4.98 Å². The maximum absolute atomic E-state index is 5.72. The van der Waals surface area contributed by atoms with Crippen LogP contribution in [-0.4, -0.2) is 27.0 Å². The van der Waals surface area contributed by atoms with Gasteiger partial charge in [-0.1, -0.05) is 5.46 Å². The van der Waals surface area contributed by atoms with E-state index in [0.717, 1.165) is 10.0 Å². The van der Waals surface area contributed by atoms with Crippen LogP contribution in [-0.2, 0) is 9.47 Å². The predicted octanol–water partition coefficient (Wildman–Crippen LogP) is 0.929. The molecule has 1 rings (SSSR count). The Kier molecular flexibility index (Phi) is 3.90. The molecule has 1 aromatic heterocycles. The van der Waals surface area contributed by atoms with Crippen LogP contribution in [0.4, 0.5) is 0 Å². The highest BCUT2D eigenvalue weighted by molar-refractivity contribution is 9.10. The SMILES string of the molecule is [B]c1cncc(Br)c1C(OC)OC. The van der Waals surface area contributed by atoms with Crippen LogP contribution in [0.5, 0.6) is 0 Å². The molecule has 0 aliphatic heterocycles. The highest BCUT2D eigenvalue weighted by Crippen LogP contribution is 2.22. The van der Waals surface area contributed by atoms with Crippen LogP contribution in [0.1, 0.15) is 11.9 Å². The largest absolute Gasteiger partial charge is 0.352 e. The molecular formula is C8H9BBrNO2. The molecule has 0 amide bonds. The summed E-state index contributed by atoms with van der Waals surface area (Å²) in [7, 11) is 8.83. The van der Waals surface area contributed by atoms with Crippen molar-refractivity contribution in [3.63, 3.8) is 0 Å². The van der Waals surface area contributed by atoms with Gasteiger partial charge in [-0.05, 0) is 15.9 Å². The monoisotopic (exact) mass is 241 g/mol. The Bertz CT molecular complexity index is 271. The maximum atomic E-state index is 5.72. The van der Waals surface area contributed by atoms with Crippen molar-refractivity contribution in [3.8, 4) is 0 Å². The van der Waals surface area contributed by atoms with Gasteiger partial charge in [0.1, 0.15) is 7.85 Å². The number of ether oxygens (including phenoxy) is 2. The van der Waals surface area contributed by atoms with Gasteiger partial charge < -0.3 is 9.47 Å². The van der Waals surface area contributed by atoms with Crippen LogP contribution in [0.15, 0.2) is 16.9 Å². The van der Waals surface area contributed by atoms with Gasteiger partial charge in [0, 0.05) is 36.6 Å². The van der Waals surface area contributed by atoms with Gasteiger partial charge in [-0.15, -0.1) is 0 Å². The molecule has 68 valence electrons. The van der Waals surface area contributed by atoms with E-state index in [9.17, 15) is 0 Å². The fourth-order valence-corrected chi connectivity index (χ4v) is 1.57. The third-order valence-corrected chi connectivity index (χ3v) is 2.27. The van der Waals surface area contributed by atoms with Crippen LogP contribution in [0.3, 0.4) is 0 Å². The molecular weight excluding hydrogens is 233 g/mol. The summed E-state index contributed by atoms with van der Waals surface area (Å²) in [4.78, 5) is 3.91. The van der Waals surface area contributed by atoms with Crippen molar-refractivity contribution < 1.29 is 9.47 Å². The summed E-state index contributed by atoms with van der Waals surface area (Å²) < 4.78 is 11.0. The zero-order chi connectivity index (χ0) is 9.84. The Labute approximate surface area is 87.0 Å². The van der Waals surface area contributed by atoms with Crippen LogP contribution in [0, 0.1) is 0 Å². The van der Waals surface area contributed by atoms with Crippen molar-refractivity contribution in [1.29, 1.82) is 0 Å². The summed E-state index contributed by atoms with van der Waals surface area (Å²) in [5.74, 6) is 0. The molecule has 0 aliphatic carbocycles. The van der Waals surface area contributed by atoms with E-state index in [1.807, 2.05) is 0 Å². The maximum Gasteiger partial charge on any atom is 0.183 e. The van der Waals surface area contributed by atoms with Crippen molar-refractivity contribution in [3.05, 3.63) is 22.4 Å². The minimum Gasteiger partial charge on any atom is -0.352 e. The number of aromatic nitrogens is 1. The van der Waals surface area contributed by atoms with Gasteiger partial charge >= 0.3 is 0 Å². The first-order valence-electron chi connectivity index (χ1n) is 3.65. The summed E-state index contributed by atoms with van der Waals surface area (Å²) in [6.07, 6.45) is 2.75. The van der Waals surface area contributed by atoms with E-state index in [2.05, 4.69) is 20.9 Å². The van der Waals surface area contributed by atoms with E-state index in [4.69, 9.17) is 17.3 Å². The van der Waals surface area contributed by atoms with E-state index in [1.165, 1.54) is 0 Å². The predicted molar refractivity (Wildman–Crippen MR) is 54.1 cm³/mol. The smallest absolute Gasteiger partial charge is 0.183 e. The molecule has 0 fully saturated rings. The molecule has 0 N–H and O–H groups in total. The second kappa shape index (κ2) is 4.74. The average Bonchev–Trinajstić information content (AvgIpc) is 2.11. The lowest BCUT2D eigenvalue weighted by molar-refractivity contribution is -0.105. The number of pyridine rings is 1. The fourth-order valence-electron chi connectivity index (χ4n) is 1.04. The average molecular weight is 242 g/mol. The molecule has 0 bridgehead atoms. The number of hydrogen-bond donors (Lipinski definition) is 0.